The molecular weight excluding hydrogens is 508 g/mol. The Morgan fingerprint density at radius 1 is 0.976 bits per heavy atom. The Kier molecular flexibility index (Phi) is 9.23. The number of nitrogens with zero attached hydrogens (tertiary/aromatic N) is 5. The van der Waals surface area contributed by atoms with Gasteiger partial charge in [0.25, 0.3) is 5.91 Å². The van der Waals surface area contributed by atoms with Gasteiger partial charge >= 0.3 is 5.96 Å². The van der Waals surface area contributed by atoms with Gasteiger partial charge in [-0.25, -0.2) is 4.98 Å². The molecule has 1 aliphatic heterocycles. The first-order chi connectivity index (χ1) is 19.8. The van der Waals surface area contributed by atoms with Gasteiger partial charge in [-0.3, -0.25) is 24.1 Å². The number of piperazine rings is 1. The van der Waals surface area contributed by atoms with Crippen molar-refractivity contribution in [2.24, 2.45) is 5.92 Å². The number of amides is 1. The third-order valence-electron chi connectivity index (χ3n) is 8.82. The van der Waals surface area contributed by atoms with Crippen molar-refractivity contribution in [3.05, 3.63) is 65.7 Å². The van der Waals surface area contributed by atoms with Crippen molar-refractivity contribution >= 4 is 22.8 Å². The maximum Gasteiger partial charge on any atom is 0.349 e. The lowest BCUT2D eigenvalue weighted by Gasteiger charge is -2.35. The van der Waals surface area contributed by atoms with Crippen LogP contribution in [0.5, 0.6) is 0 Å². The molecule has 7 nitrogen and oxygen atoms in total. The van der Waals surface area contributed by atoms with Gasteiger partial charge in [0.2, 0.25) is 0 Å². The number of hydrogen-bond donors (Lipinski definition) is 1. The smallest absolute Gasteiger partial charge is 0.349 e. The molecule has 1 saturated carbocycles. The molecule has 2 heterocycles. The number of aromatic nitrogens is 1. The fourth-order valence-electron chi connectivity index (χ4n) is 6.83. The molecule has 2 fully saturated rings. The van der Waals surface area contributed by atoms with Gasteiger partial charge < -0.3 is 5.32 Å². The van der Waals surface area contributed by atoms with Crippen LogP contribution in [0, 0.1) is 5.92 Å². The third-order valence-corrected chi connectivity index (χ3v) is 8.82. The number of pyridine rings is 1. The summed E-state index contributed by atoms with van der Waals surface area (Å²) >= 11 is 0. The van der Waals surface area contributed by atoms with Gasteiger partial charge in [-0.1, -0.05) is 67.8 Å². The number of carbonyl (C=O) groups excluding carboxylic acids is 1. The van der Waals surface area contributed by atoms with Crippen molar-refractivity contribution in [1.29, 1.82) is 0 Å². The molecule has 5 rings (SSSR count). The zero-order valence-electron chi connectivity index (χ0n) is 25.6. The van der Waals surface area contributed by atoms with Crippen LogP contribution in [0.25, 0.3) is 22.2 Å². The molecule has 1 amide bonds. The van der Waals surface area contributed by atoms with E-state index in [-0.39, 0.29) is 11.9 Å². The summed E-state index contributed by atoms with van der Waals surface area (Å²) in [5, 5.41) is 4.39. The molecule has 41 heavy (non-hydrogen) atoms. The van der Waals surface area contributed by atoms with E-state index in [1.807, 2.05) is 24.3 Å². The van der Waals surface area contributed by atoms with Crippen molar-refractivity contribution in [2.45, 2.75) is 51.6 Å². The Bertz CT molecular complexity index is 1370. The Morgan fingerprint density at radius 3 is 2.29 bits per heavy atom. The first kappa shape index (κ1) is 29.1. The first-order valence-electron chi connectivity index (χ1n) is 15.3. The van der Waals surface area contributed by atoms with E-state index in [1.54, 1.807) is 0 Å². The van der Waals surface area contributed by atoms with Crippen LogP contribution in [0.3, 0.4) is 0 Å². The fourth-order valence-corrected chi connectivity index (χ4v) is 6.83. The molecule has 1 aliphatic carbocycles. The molecule has 0 bridgehead atoms. The number of para-hydroxylation sites is 1. The largest absolute Gasteiger partial charge is 0.349 e. The summed E-state index contributed by atoms with van der Waals surface area (Å²) in [5.74, 6) is 1.80. The quantitative estimate of drug-likeness (QED) is 0.266. The normalized spacial score (nSPS) is 17.3. The SMILES string of the molecule is C[C@H](NC(=O)c1c(CN2CCN(C(N(C)C)=[N+](C)C)CC2)c(-c2ccccc2)nc2ccccc12)C1CCCCC1. The van der Waals surface area contributed by atoms with Crippen LogP contribution in [0.1, 0.15) is 54.9 Å². The second-order valence-corrected chi connectivity index (χ2v) is 12.2. The van der Waals surface area contributed by atoms with Gasteiger partial charge in [-0.05, 0) is 31.7 Å². The summed E-state index contributed by atoms with van der Waals surface area (Å²) in [7, 11) is 8.42. The van der Waals surface area contributed by atoms with E-state index in [1.165, 1.54) is 38.1 Å². The molecule has 1 saturated heterocycles. The number of rotatable bonds is 6. The average molecular weight is 556 g/mol. The van der Waals surface area contributed by atoms with E-state index in [2.05, 4.69) is 90.0 Å². The van der Waals surface area contributed by atoms with E-state index in [9.17, 15) is 4.79 Å². The molecule has 2 aromatic carbocycles. The summed E-state index contributed by atoms with van der Waals surface area (Å²) in [5.41, 5.74) is 4.65. The Hall–Kier alpha value is -3.45. The molecule has 7 heteroatoms. The van der Waals surface area contributed by atoms with Gasteiger partial charge in [0.15, 0.2) is 0 Å². The van der Waals surface area contributed by atoms with E-state index < -0.39 is 0 Å². The molecule has 218 valence electrons. The van der Waals surface area contributed by atoms with Crippen molar-refractivity contribution < 1.29 is 9.37 Å². The second kappa shape index (κ2) is 13.0. The Morgan fingerprint density at radius 2 is 1.63 bits per heavy atom. The molecular formula is C34H47N6O+. The number of nitrogens with one attached hydrogen (secondary N) is 1. The molecule has 0 unspecified atom stereocenters. The van der Waals surface area contributed by atoms with Crippen molar-refractivity contribution in [2.75, 3.05) is 54.4 Å². The van der Waals surface area contributed by atoms with Crippen LogP contribution in [-0.4, -0.2) is 96.5 Å². The van der Waals surface area contributed by atoms with Gasteiger partial charge in [-0.2, -0.15) is 0 Å². The Balaban J connectivity index is 1.51. The summed E-state index contributed by atoms with van der Waals surface area (Å²) in [6, 6.07) is 18.7. The first-order valence-corrected chi connectivity index (χ1v) is 15.3. The lowest BCUT2D eigenvalue weighted by molar-refractivity contribution is -0.476. The minimum atomic E-state index is 0.0309. The monoisotopic (exact) mass is 555 g/mol. The summed E-state index contributed by atoms with van der Waals surface area (Å²) in [6.07, 6.45) is 6.23. The Labute approximate surface area is 245 Å². The highest BCUT2D eigenvalue weighted by atomic mass is 16.1. The number of hydrogen-bond acceptors (Lipinski definition) is 3. The van der Waals surface area contributed by atoms with Crippen LogP contribution in [0.2, 0.25) is 0 Å². The zero-order chi connectivity index (χ0) is 28.9. The minimum absolute atomic E-state index is 0.0309. The van der Waals surface area contributed by atoms with Crippen LogP contribution < -0.4 is 5.32 Å². The van der Waals surface area contributed by atoms with Gasteiger partial charge in [0, 0.05) is 42.2 Å². The number of fused-ring (bicyclic) bond motifs is 1. The molecule has 1 N–H and O–H groups in total. The lowest BCUT2D eigenvalue weighted by Crippen LogP contribution is -2.54. The molecule has 2 aliphatic rings. The van der Waals surface area contributed by atoms with E-state index in [0.717, 1.165) is 59.5 Å². The molecule has 3 aromatic rings. The van der Waals surface area contributed by atoms with Crippen LogP contribution in [-0.2, 0) is 6.54 Å². The van der Waals surface area contributed by atoms with E-state index >= 15 is 0 Å². The van der Waals surface area contributed by atoms with Crippen molar-refractivity contribution in [3.8, 4) is 11.3 Å². The highest BCUT2D eigenvalue weighted by Gasteiger charge is 2.30. The summed E-state index contributed by atoms with van der Waals surface area (Å²) in [6.45, 7) is 6.60. The second-order valence-electron chi connectivity index (χ2n) is 12.2. The van der Waals surface area contributed by atoms with Crippen LogP contribution >= 0.6 is 0 Å². The van der Waals surface area contributed by atoms with Gasteiger partial charge in [0.05, 0.1) is 58.1 Å². The topological polar surface area (TPSA) is 54.7 Å². The van der Waals surface area contributed by atoms with Gasteiger partial charge in [0.1, 0.15) is 0 Å². The average Bonchev–Trinajstić information content (AvgIpc) is 2.98. The van der Waals surface area contributed by atoms with E-state index in [4.69, 9.17) is 4.98 Å². The predicted octanol–water partition coefficient (Wildman–Crippen LogP) is 4.91. The fraction of sp³-hybridized carbons (Fsp3) is 0.500. The number of guanidine groups is 1. The maximum atomic E-state index is 14.3. The molecule has 0 radical (unpaired) electrons. The van der Waals surface area contributed by atoms with E-state index in [0.29, 0.717) is 12.5 Å². The summed E-state index contributed by atoms with van der Waals surface area (Å²) < 4.78 is 2.19. The zero-order valence-corrected chi connectivity index (χ0v) is 25.6. The maximum absolute atomic E-state index is 14.3. The van der Waals surface area contributed by atoms with Crippen LogP contribution in [0.4, 0.5) is 0 Å². The summed E-state index contributed by atoms with van der Waals surface area (Å²) in [4.78, 5) is 26.6. The molecule has 1 aromatic heterocycles. The predicted molar refractivity (Wildman–Crippen MR) is 168 cm³/mol. The van der Waals surface area contributed by atoms with Crippen molar-refractivity contribution in [3.63, 3.8) is 0 Å². The number of carbonyl (C=O) groups is 1. The van der Waals surface area contributed by atoms with Gasteiger partial charge in [-0.15, -0.1) is 0 Å². The highest BCUT2D eigenvalue weighted by molar-refractivity contribution is 6.09. The van der Waals surface area contributed by atoms with Crippen LogP contribution in [0.15, 0.2) is 54.6 Å². The number of benzene rings is 2. The lowest BCUT2D eigenvalue weighted by atomic mass is 9.84. The molecule has 1 atom stereocenters. The minimum Gasteiger partial charge on any atom is -0.349 e. The highest BCUT2D eigenvalue weighted by Crippen LogP contribution is 2.33. The third kappa shape index (κ3) is 6.56. The standard InChI is InChI=1S/C34H46N6O/c1-25(26-14-8-6-9-15-26)35-33(41)31-28-18-12-13-19-30(28)36-32(27-16-10-7-11-17-27)29(31)24-39-20-22-40(23-21-39)34(37(2)3)38(4)5/h7,10-13,16-19,25-26H,6,8-9,14-15,20-24H2,1-5H3/p+1/t25-/m0/s1. The molecule has 0 spiro atoms. The van der Waals surface area contributed by atoms with Crippen molar-refractivity contribution in [1.82, 2.24) is 25.0 Å².